The number of hydrogen-bond donors (Lipinski definition) is 2. The van der Waals surface area contributed by atoms with Crippen molar-refractivity contribution in [1.29, 1.82) is 0 Å². The van der Waals surface area contributed by atoms with E-state index in [1.54, 1.807) is 20.4 Å². The summed E-state index contributed by atoms with van der Waals surface area (Å²) < 4.78 is 6.86. The number of nitrogens with one attached hydrogen (secondary N) is 2. The Labute approximate surface area is 102 Å². The highest BCUT2D eigenvalue weighted by molar-refractivity contribution is 5.79. The van der Waals surface area contributed by atoms with Gasteiger partial charge in [0.15, 0.2) is 5.96 Å². The van der Waals surface area contributed by atoms with Crippen LogP contribution in [-0.2, 0) is 11.3 Å². The standard InChI is InChI=1S/C11H21N5O/c1-12-11(13-5-4-10-17-2)14-7-9-16-8-3-6-15-16/h3,6,8H,4-5,7,9-10H2,1-2H3,(H2,12,13,14). The molecule has 6 nitrogen and oxygen atoms in total. The fourth-order valence-electron chi connectivity index (χ4n) is 1.37. The lowest BCUT2D eigenvalue weighted by Crippen LogP contribution is -2.39. The third-order valence-electron chi connectivity index (χ3n) is 2.23. The molecule has 0 unspecified atom stereocenters. The van der Waals surface area contributed by atoms with E-state index < -0.39 is 0 Å². The Morgan fingerprint density at radius 2 is 2.24 bits per heavy atom. The number of guanidine groups is 1. The third kappa shape index (κ3) is 5.91. The van der Waals surface area contributed by atoms with E-state index in [0.717, 1.165) is 38.6 Å². The summed E-state index contributed by atoms with van der Waals surface area (Å²) in [6.45, 7) is 3.24. The first-order chi connectivity index (χ1) is 8.36. The molecule has 0 aliphatic rings. The first-order valence-electron chi connectivity index (χ1n) is 5.77. The molecule has 0 radical (unpaired) electrons. The summed E-state index contributed by atoms with van der Waals surface area (Å²) >= 11 is 0. The van der Waals surface area contributed by atoms with Crippen molar-refractivity contribution in [3.8, 4) is 0 Å². The Morgan fingerprint density at radius 3 is 2.88 bits per heavy atom. The Hall–Kier alpha value is -1.56. The molecule has 1 heterocycles. The summed E-state index contributed by atoms with van der Waals surface area (Å²) in [6.07, 6.45) is 4.69. The van der Waals surface area contributed by atoms with Crippen LogP contribution in [-0.4, -0.2) is 49.6 Å². The lowest BCUT2D eigenvalue weighted by molar-refractivity contribution is 0.195. The lowest BCUT2D eigenvalue weighted by Gasteiger charge is -2.11. The summed E-state index contributed by atoms with van der Waals surface area (Å²) in [5.74, 6) is 0.813. The average molecular weight is 239 g/mol. The van der Waals surface area contributed by atoms with E-state index in [4.69, 9.17) is 4.74 Å². The zero-order valence-electron chi connectivity index (χ0n) is 10.5. The number of aromatic nitrogens is 2. The van der Waals surface area contributed by atoms with Gasteiger partial charge in [0, 0.05) is 46.2 Å². The molecule has 17 heavy (non-hydrogen) atoms. The number of aliphatic imine (C=N–C) groups is 1. The predicted molar refractivity (Wildman–Crippen MR) is 68.1 cm³/mol. The van der Waals surface area contributed by atoms with Crippen molar-refractivity contribution in [1.82, 2.24) is 20.4 Å². The first-order valence-corrected chi connectivity index (χ1v) is 5.77. The second-order valence-corrected chi connectivity index (χ2v) is 3.54. The molecule has 6 heteroatoms. The van der Waals surface area contributed by atoms with E-state index in [0.29, 0.717) is 0 Å². The molecule has 1 aromatic rings. The first kappa shape index (κ1) is 13.5. The van der Waals surface area contributed by atoms with Crippen LogP contribution in [0.2, 0.25) is 0 Å². The number of ether oxygens (including phenoxy) is 1. The highest BCUT2D eigenvalue weighted by Crippen LogP contribution is 1.83. The van der Waals surface area contributed by atoms with Crippen LogP contribution >= 0.6 is 0 Å². The van der Waals surface area contributed by atoms with Crippen molar-refractivity contribution in [2.45, 2.75) is 13.0 Å². The molecule has 0 amide bonds. The number of rotatable bonds is 7. The molecule has 0 atom stereocenters. The third-order valence-corrected chi connectivity index (χ3v) is 2.23. The zero-order valence-corrected chi connectivity index (χ0v) is 10.5. The molecule has 0 saturated carbocycles. The van der Waals surface area contributed by atoms with Gasteiger partial charge in [0.05, 0.1) is 6.54 Å². The number of methoxy groups -OCH3 is 1. The van der Waals surface area contributed by atoms with Crippen molar-refractivity contribution < 1.29 is 4.74 Å². The van der Waals surface area contributed by atoms with E-state index in [1.165, 1.54) is 0 Å². The molecule has 0 bridgehead atoms. The van der Waals surface area contributed by atoms with Gasteiger partial charge < -0.3 is 15.4 Å². The lowest BCUT2D eigenvalue weighted by atomic mass is 10.4. The number of hydrogen-bond acceptors (Lipinski definition) is 3. The molecular formula is C11H21N5O. The predicted octanol–water partition coefficient (Wildman–Crippen LogP) is 0.0846. The molecule has 0 fully saturated rings. The normalized spacial score (nSPS) is 11.5. The van der Waals surface area contributed by atoms with E-state index in [-0.39, 0.29) is 0 Å². The van der Waals surface area contributed by atoms with Gasteiger partial charge in [-0.2, -0.15) is 5.10 Å². The van der Waals surface area contributed by atoms with Gasteiger partial charge in [0.2, 0.25) is 0 Å². The molecule has 0 aliphatic heterocycles. The molecular weight excluding hydrogens is 218 g/mol. The monoisotopic (exact) mass is 239 g/mol. The molecule has 0 saturated heterocycles. The van der Waals surface area contributed by atoms with Crippen LogP contribution in [0.15, 0.2) is 23.5 Å². The summed E-state index contributed by atoms with van der Waals surface area (Å²) in [4.78, 5) is 4.13. The van der Waals surface area contributed by atoms with Crippen LogP contribution in [0.3, 0.4) is 0 Å². The minimum Gasteiger partial charge on any atom is -0.385 e. The molecule has 2 N–H and O–H groups in total. The van der Waals surface area contributed by atoms with Crippen molar-refractivity contribution in [2.24, 2.45) is 4.99 Å². The Morgan fingerprint density at radius 1 is 1.41 bits per heavy atom. The van der Waals surface area contributed by atoms with Crippen molar-refractivity contribution in [3.63, 3.8) is 0 Å². The highest BCUT2D eigenvalue weighted by Gasteiger charge is 1.96. The quantitative estimate of drug-likeness (QED) is 0.402. The highest BCUT2D eigenvalue weighted by atomic mass is 16.5. The average Bonchev–Trinajstić information content (AvgIpc) is 2.85. The summed E-state index contributed by atoms with van der Waals surface area (Å²) in [6, 6.07) is 1.91. The van der Waals surface area contributed by atoms with E-state index in [2.05, 4.69) is 20.7 Å². The maximum absolute atomic E-state index is 4.98. The van der Waals surface area contributed by atoms with Crippen LogP contribution in [0, 0.1) is 0 Å². The Balaban J connectivity index is 2.10. The SMILES string of the molecule is CN=C(NCCCOC)NCCn1cccn1. The van der Waals surface area contributed by atoms with Gasteiger partial charge in [0.25, 0.3) is 0 Å². The van der Waals surface area contributed by atoms with Gasteiger partial charge in [-0.25, -0.2) is 0 Å². The summed E-state index contributed by atoms with van der Waals surface area (Å²) in [5.41, 5.74) is 0. The smallest absolute Gasteiger partial charge is 0.191 e. The second kappa shape index (κ2) is 8.58. The van der Waals surface area contributed by atoms with Crippen LogP contribution in [0.1, 0.15) is 6.42 Å². The minimum atomic E-state index is 0.761. The maximum Gasteiger partial charge on any atom is 0.191 e. The summed E-state index contributed by atoms with van der Waals surface area (Å²) in [7, 11) is 3.47. The van der Waals surface area contributed by atoms with Gasteiger partial charge in [-0.3, -0.25) is 9.67 Å². The van der Waals surface area contributed by atoms with Crippen LogP contribution < -0.4 is 10.6 Å². The maximum atomic E-state index is 4.98. The Kier molecular flexibility index (Phi) is 6.81. The van der Waals surface area contributed by atoms with Gasteiger partial charge in [-0.15, -0.1) is 0 Å². The molecule has 1 rings (SSSR count). The minimum absolute atomic E-state index is 0.761. The molecule has 0 aliphatic carbocycles. The second-order valence-electron chi connectivity index (χ2n) is 3.54. The van der Waals surface area contributed by atoms with E-state index in [1.807, 2.05) is 16.9 Å². The van der Waals surface area contributed by atoms with E-state index in [9.17, 15) is 0 Å². The van der Waals surface area contributed by atoms with Gasteiger partial charge in [-0.05, 0) is 12.5 Å². The molecule has 1 aromatic heterocycles. The molecule has 96 valence electrons. The van der Waals surface area contributed by atoms with Crippen LogP contribution in [0.4, 0.5) is 0 Å². The van der Waals surface area contributed by atoms with Crippen LogP contribution in [0.5, 0.6) is 0 Å². The van der Waals surface area contributed by atoms with Crippen molar-refractivity contribution in [3.05, 3.63) is 18.5 Å². The molecule has 0 spiro atoms. The zero-order chi connectivity index (χ0) is 12.3. The number of nitrogens with zero attached hydrogens (tertiary/aromatic N) is 3. The Bertz CT molecular complexity index is 310. The van der Waals surface area contributed by atoms with Gasteiger partial charge in [0.1, 0.15) is 0 Å². The van der Waals surface area contributed by atoms with Gasteiger partial charge in [-0.1, -0.05) is 0 Å². The van der Waals surface area contributed by atoms with Gasteiger partial charge >= 0.3 is 0 Å². The van der Waals surface area contributed by atoms with Crippen LogP contribution in [0.25, 0.3) is 0 Å². The fourth-order valence-corrected chi connectivity index (χ4v) is 1.37. The molecule has 0 aromatic carbocycles. The van der Waals surface area contributed by atoms with E-state index >= 15 is 0 Å². The van der Waals surface area contributed by atoms with Crippen molar-refractivity contribution in [2.75, 3.05) is 33.9 Å². The summed E-state index contributed by atoms with van der Waals surface area (Å²) in [5, 5.41) is 10.6. The topological polar surface area (TPSA) is 63.5 Å². The fraction of sp³-hybridized carbons (Fsp3) is 0.636. The largest absolute Gasteiger partial charge is 0.385 e. The van der Waals surface area contributed by atoms with Crippen molar-refractivity contribution >= 4 is 5.96 Å².